The van der Waals surface area contributed by atoms with Crippen LogP contribution >= 0.6 is 12.4 Å². The van der Waals surface area contributed by atoms with Crippen molar-refractivity contribution in [2.45, 2.75) is 18.1 Å². The van der Waals surface area contributed by atoms with Crippen LogP contribution in [0, 0.1) is 0 Å². The highest BCUT2D eigenvalue weighted by molar-refractivity contribution is 5.85. The Labute approximate surface area is 70.3 Å². The lowest BCUT2D eigenvalue weighted by Gasteiger charge is -2.21. The molecule has 0 aromatic rings. The Kier molecular flexibility index (Phi) is 2.09. The molecule has 0 amide bonds. The molecule has 0 radical (unpaired) electrons. The fourth-order valence-corrected chi connectivity index (χ4v) is 1.55. The fourth-order valence-electron chi connectivity index (χ4n) is 1.55. The van der Waals surface area contributed by atoms with Gasteiger partial charge in [-0.05, 0) is 0 Å². The topological polar surface area (TPSA) is 58.6 Å². The van der Waals surface area contributed by atoms with Gasteiger partial charge in [-0.25, -0.2) is 0 Å². The van der Waals surface area contributed by atoms with Crippen molar-refractivity contribution in [2.75, 3.05) is 13.2 Å². The molecule has 2 heterocycles. The van der Waals surface area contributed by atoms with Crippen molar-refractivity contribution >= 4 is 18.4 Å². The van der Waals surface area contributed by atoms with Gasteiger partial charge in [0.05, 0.1) is 12.7 Å². The first-order valence-corrected chi connectivity index (χ1v) is 3.33. The zero-order valence-corrected chi connectivity index (χ0v) is 6.69. The van der Waals surface area contributed by atoms with Gasteiger partial charge in [0.1, 0.15) is 5.54 Å². The summed E-state index contributed by atoms with van der Waals surface area (Å²) >= 11 is 0. The summed E-state index contributed by atoms with van der Waals surface area (Å²) in [6.45, 7) is 1.01. The molecule has 64 valence electrons. The lowest BCUT2D eigenvalue weighted by atomic mass is 10.0. The second-order valence-electron chi connectivity index (χ2n) is 2.91. The first-order valence-electron chi connectivity index (χ1n) is 3.33. The van der Waals surface area contributed by atoms with Crippen LogP contribution in [0.5, 0.6) is 0 Å². The molecule has 0 aromatic carbocycles. The number of carboxylic acids is 1. The molecule has 2 bridgehead atoms. The summed E-state index contributed by atoms with van der Waals surface area (Å²) in [4.78, 5) is 10.6. The Morgan fingerprint density at radius 2 is 2.45 bits per heavy atom. The maximum absolute atomic E-state index is 10.6. The van der Waals surface area contributed by atoms with Crippen LogP contribution in [0.4, 0.5) is 0 Å². The van der Waals surface area contributed by atoms with Crippen LogP contribution in [0.15, 0.2) is 0 Å². The number of carboxylic acid groups (broad SMARTS) is 1. The molecule has 0 aromatic heterocycles. The molecule has 2 aliphatic heterocycles. The summed E-state index contributed by atoms with van der Waals surface area (Å²) in [6, 6.07) is 0. The summed E-state index contributed by atoms with van der Waals surface area (Å²) in [6.07, 6.45) is 0.763. The minimum absolute atomic E-state index is 0. The normalized spacial score (nSPS) is 40.2. The SMILES string of the molecule is Cl.O=C(O)C12COC(CN1)C2. The second kappa shape index (κ2) is 2.62. The zero-order chi connectivity index (χ0) is 7.19. The van der Waals surface area contributed by atoms with Crippen LogP contribution < -0.4 is 5.32 Å². The summed E-state index contributed by atoms with van der Waals surface area (Å²) < 4.78 is 5.17. The molecule has 2 saturated heterocycles. The Morgan fingerprint density at radius 3 is 2.64 bits per heavy atom. The summed E-state index contributed by atoms with van der Waals surface area (Å²) in [7, 11) is 0. The molecule has 2 N–H and O–H groups in total. The molecule has 2 rings (SSSR count). The molecular weight excluding hydrogens is 170 g/mol. The Balaban J connectivity index is 0.000000605. The van der Waals surface area contributed by atoms with Gasteiger partial charge in [-0.2, -0.15) is 0 Å². The van der Waals surface area contributed by atoms with Gasteiger partial charge in [-0.1, -0.05) is 0 Å². The van der Waals surface area contributed by atoms with Crippen molar-refractivity contribution in [3.63, 3.8) is 0 Å². The average molecular weight is 180 g/mol. The van der Waals surface area contributed by atoms with Crippen molar-refractivity contribution in [1.82, 2.24) is 5.32 Å². The maximum Gasteiger partial charge on any atom is 0.326 e. The molecule has 2 unspecified atom stereocenters. The highest BCUT2D eigenvalue weighted by atomic mass is 35.5. The Morgan fingerprint density at radius 1 is 1.73 bits per heavy atom. The summed E-state index contributed by atoms with van der Waals surface area (Å²) in [5, 5.41) is 11.7. The van der Waals surface area contributed by atoms with E-state index < -0.39 is 11.5 Å². The number of halogens is 1. The van der Waals surface area contributed by atoms with Crippen LogP contribution in [-0.2, 0) is 9.53 Å². The number of morpholine rings is 1. The van der Waals surface area contributed by atoms with Gasteiger partial charge in [0.15, 0.2) is 0 Å². The average Bonchev–Trinajstić information content (AvgIpc) is 2.45. The molecule has 0 saturated carbocycles. The van der Waals surface area contributed by atoms with Crippen LogP contribution in [-0.4, -0.2) is 35.9 Å². The number of ether oxygens (including phenoxy) is 1. The number of carbonyl (C=O) groups is 1. The molecule has 2 atom stereocenters. The van der Waals surface area contributed by atoms with E-state index in [2.05, 4.69) is 5.32 Å². The van der Waals surface area contributed by atoms with Gasteiger partial charge in [0.2, 0.25) is 0 Å². The number of fused-ring (bicyclic) bond motifs is 2. The van der Waals surface area contributed by atoms with Crippen LogP contribution in [0.3, 0.4) is 0 Å². The predicted octanol–water partition coefficient (Wildman–Crippen LogP) is -0.376. The molecule has 0 aliphatic carbocycles. The number of hydrogen-bond donors (Lipinski definition) is 2. The molecule has 2 fully saturated rings. The van der Waals surface area contributed by atoms with Gasteiger partial charge in [0.25, 0.3) is 0 Å². The quantitative estimate of drug-likeness (QED) is 0.577. The van der Waals surface area contributed by atoms with Crippen molar-refractivity contribution in [3.8, 4) is 0 Å². The van der Waals surface area contributed by atoms with Gasteiger partial charge < -0.3 is 9.84 Å². The third-order valence-corrected chi connectivity index (χ3v) is 2.22. The zero-order valence-electron chi connectivity index (χ0n) is 5.87. The molecular formula is C6H10ClNO3. The maximum atomic E-state index is 10.6. The van der Waals surface area contributed by atoms with Crippen LogP contribution in [0.25, 0.3) is 0 Å². The molecule has 11 heavy (non-hydrogen) atoms. The van der Waals surface area contributed by atoms with Crippen molar-refractivity contribution in [3.05, 3.63) is 0 Å². The van der Waals surface area contributed by atoms with Crippen molar-refractivity contribution < 1.29 is 14.6 Å². The first-order chi connectivity index (χ1) is 4.73. The van der Waals surface area contributed by atoms with E-state index >= 15 is 0 Å². The van der Waals surface area contributed by atoms with Crippen molar-refractivity contribution in [1.29, 1.82) is 0 Å². The van der Waals surface area contributed by atoms with E-state index in [1.807, 2.05) is 0 Å². The molecule has 5 heteroatoms. The van der Waals surface area contributed by atoms with E-state index in [9.17, 15) is 4.79 Å². The monoisotopic (exact) mass is 179 g/mol. The number of rotatable bonds is 1. The number of aliphatic carboxylic acids is 1. The number of hydrogen-bond acceptors (Lipinski definition) is 3. The molecule has 0 spiro atoms. The van der Waals surface area contributed by atoms with E-state index in [-0.39, 0.29) is 18.5 Å². The van der Waals surface area contributed by atoms with Gasteiger partial charge in [-0.15, -0.1) is 12.4 Å². The standard InChI is InChI=1S/C6H9NO3.ClH/c8-5(9)6-1-4(2-7-6)10-3-6;/h4,7H,1-3H2,(H,8,9);1H. The number of nitrogens with one attached hydrogen (secondary N) is 1. The Hall–Kier alpha value is -0.320. The smallest absolute Gasteiger partial charge is 0.326 e. The van der Waals surface area contributed by atoms with Crippen molar-refractivity contribution in [2.24, 2.45) is 0 Å². The van der Waals surface area contributed by atoms with Gasteiger partial charge in [-0.3, -0.25) is 10.1 Å². The second-order valence-corrected chi connectivity index (χ2v) is 2.91. The van der Waals surface area contributed by atoms with Crippen LogP contribution in [0.1, 0.15) is 6.42 Å². The predicted molar refractivity (Wildman–Crippen MR) is 40.0 cm³/mol. The van der Waals surface area contributed by atoms with E-state index in [0.717, 1.165) is 0 Å². The summed E-state index contributed by atoms with van der Waals surface area (Å²) in [5.41, 5.74) is -0.745. The minimum Gasteiger partial charge on any atom is -0.480 e. The lowest BCUT2D eigenvalue weighted by Crippen LogP contribution is -2.51. The minimum atomic E-state index is -0.785. The van der Waals surface area contributed by atoms with E-state index in [0.29, 0.717) is 19.6 Å². The summed E-state index contributed by atoms with van der Waals surface area (Å²) in [5.74, 6) is -0.785. The van der Waals surface area contributed by atoms with E-state index in [1.54, 1.807) is 0 Å². The van der Waals surface area contributed by atoms with Crippen LogP contribution in [0.2, 0.25) is 0 Å². The van der Waals surface area contributed by atoms with Gasteiger partial charge >= 0.3 is 5.97 Å². The molecule has 4 nitrogen and oxygen atoms in total. The Bertz CT molecular complexity index is 177. The third-order valence-electron chi connectivity index (χ3n) is 2.22. The third kappa shape index (κ3) is 1.11. The molecule has 2 aliphatic rings. The first kappa shape index (κ1) is 8.77. The largest absolute Gasteiger partial charge is 0.480 e. The van der Waals surface area contributed by atoms with Gasteiger partial charge in [0, 0.05) is 13.0 Å². The van der Waals surface area contributed by atoms with E-state index in [4.69, 9.17) is 9.84 Å². The highest BCUT2D eigenvalue weighted by Gasteiger charge is 2.51. The van der Waals surface area contributed by atoms with E-state index in [1.165, 1.54) is 0 Å². The lowest BCUT2D eigenvalue weighted by molar-refractivity contribution is -0.145. The highest BCUT2D eigenvalue weighted by Crippen LogP contribution is 2.29. The fraction of sp³-hybridized carbons (Fsp3) is 0.833.